The van der Waals surface area contributed by atoms with Crippen molar-refractivity contribution in [3.8, 4) is 6.07 Å². The van der Waals surface area contributed by atoms with Gasteiger partial charge in [-0.3, -0.25) is 0 Å². The number of thiazole rings is 1. The summed E-state index contributed by atoms with van der Waals surface area (Å²) in [6, 6.07) is 10.2. The normalized spacial score (nSPS) is 10.5. The lowest BCUT2D eigenvalue weighted by Crippen LogP contribution is -2.13. The molecule has 0 fully saturated rings. The van der Waals surface area contributed by atoms with Gasteiger partial charge in [0.2, 0.25) is 0 Å². The Morgan fingerprint density at radius 2 is 2.17 bits per heavy atom. The van der Waals surface area contributed by atoms with E-state index in [4.69, 9.17) is 5.26 Å². The maximum Gasteiger partial charge on any atom is 0.150 e. The molecule has 116 valence electrons. The summed E-state index contributed by atoms with van der Waals surface area (Å²) in [4.78, 5) is 10.9. The Labute approximate surface area is 139 Å². The van der Waals surface area contributed by atoms with Crippen molar-refractivity contribution < 1.29 is 0 Å². The number of hydrogen-bond acceptors (Lipinski definition) is 6. The average Bonchev–Trinajstić information content (AvgIpc) is 2.94. The van der Waals surface area contributed by atoms with Crippen molar-refractivity contribution in [3.05, 3.63) is 41.0 Å². The molecule has 5 nitrogen and oxygen atoms in total. The van der Waals surface area contributed by atoms with Crippen LogP contribution in [0.25, 0.3) is 10.2 Å². The molecule has 0 saturated heterocycles. The predicted octanol–water partition coefficient (Wildman–Crippen LogP) is 4.07. The first-order valence-electron chi connectivity index (χ1n) is 7.37. The Morgan fingerprint density at radius 1 is 1.35 bits per heavy atom. The first-order valence-corrected chi connectivity index (χ1v) is 8.19. The van der Waals surface area contributed by atoms with Gasteiger partial charge in [-0.15, -0.1) is 11.3 Å². The van der Waals surface area contributed by atoms with E-state index in [1.54, 1.807) is 17.5 Å². The molecule has 0 saturated carbocycles. The van der Waals surface area contributed by atoms with Gasteiger partial charge in [0.1, 0.15) is 11.9 Å². The van der Waals surface area contributed by atoms with E-state index in [0.29, 0.717) is 5.56 Å². The molecule has 0 aliphatic carbocycles. The minimum atomic E-state index is 0.545. The van der Waals surface area contributed by atoms with Crippen LogP contribution in [0.1, 0.15) is 17.5 Å². The molecule has 0 radical (unpaired) electrons. The van der Waals surface area contributed by atoms with Crippen molar-refractivity contribution in [3.63, 3.8) is 0 Å². The minimum absolute atomic E-state index is 0.545. The van der Waals surface area contributed by atoms with E-state index in [1.165, 1.54) is 0 Å². The molecule has 0 atom stereocenters. The monoisotopic (exact) mass is 323 g/mol. The maximum atomic E-state index is 9.14. The number of hydrogen-bond donors (Lipinski definition) is 1. The highest BCUT2D eigenvalue weighted by Crippen LogP contribution is 2.33. The molecule has 23 heavy (non-hydrogen) atoms. The van der Waals surface area contributed by atoms with Crippen LogP contribution in [0.2, 0.25) is 0 Å². The summed E-state index contributed by atoms with van der Waals surface area (Å²) in [7, 11) is 1.98. The number of nitrogens with zero attached hydrogens (tertiary/aromatic N) is 4. The van der Waals surface area contributed by atoms with Crippen molar-refractivity contribution in [1.29, 1.82) is 5.26 Å². The second-order valence-corrected chi connectivity index (χ2v) is 6.41. The Balaban J connectivity index is 2.06. The summed E-state index contributed by atoms with van der Waals surface area (Å²) in [5.41, 5.74) is 3.48. The van der Waals surface area contributed by atoms with Gasteiger partial charge in [0.25, 0.3) is 0 Å². The summed E-state index contributed by atoms with van der Waals surface area (Å²) in [5.74, 6) is 0.773. The highest BCUT2D eigenvalue weighted by Gasteiger charge is 2.13. The second kappa shape index (κ2) is 6.23. The highest BCUT2D eigenvalue weighted by molar-refractivity contribution is 7.18. The third kappa shape index (κ3) is 2.96. The summed E-state index contributed by atoms with van der Waals surface area (Å²) >= 11 is 1.68. The number of nitriles is 1. The number of fused-ring (bicyclic) bond motifs is 1. The number of pyridine rings is 1. The number of nitrogens with one attached hydrogen (secondary N) is 1. The van der Waals surface area contributed by atoms with Gasteiger partial charge in [-0.25, -0.2) is 9.97 Å². The molecule has 6 heteroatoms. The molecular formula is C17H17N5S. The molecule has 0 aliphatic rings. The van der Waals surface area contributed by atoms with Crippen LogP contribution >= 0.6 is 11.3 Å². The van der Waals surface area contributed by atoms with Crippen molar-refractivity contribution in [2.45, 2.75) is 13.8 Å². The first kappa shape index (κ1) is 15.3. The second-order valence-electron chi connectivity index (χ2n) is 5.18. The van der Waals surface area contributed by atoms with E-state index in [1.807, 2.05) is 44.0 Å². The Kier molecular flexibility index (Phi) is 4.13. The van der Waals surface area contributed by atoms with Gasteiger partial charge in [0.15, 0.2) is 0 Å². The van der Waals surface area contributed by atoms with Crippen molar-refractivity contribution >= 4 is 38.7 Å². The van der Waals surface area contributed by atoms with E-state index < -0.39 is 0 Å². The highest BCUT2D eigenvalue weighted by atomic mass is 32.1. The number of aromatic nitrogens is 2. The van der Waals surface area contributed by atoms with Crippen molar-refractivity contribution in [1.82, 2.24) is 9.97 Å². The SMILES string of the molecule is CCNc1ncc(C#N)cc1N(C)c1ccc2nc(C)sc2c1. The van der Waals surface area contributed by atoms with E-state index in [0.717, 1.165) is 39.0 Å². The van der Waals surface area contributed by atoms with Gasteiger partial charge < -0.3 is 10.2 Å². The molecule has 0 unspecified atom stereocenters. The fourth-order valence-electron chi connectivity index (χ4n) is 2.45. The molecule has 3 aromatic rings. The van der Waals surface area contributed by atoms with Crippen LogP contribution in [0.4, 0.5) is 17.2 Å². The largest absolute Gasteiger partial charge is 0.369 e. The van der Waals surface area contributed by atoms with Crippen LogP contribution in [-0.4, -0.2) is 23.6 Å². The Bertz CT molecular complexity index is 894. The molecule has 1 aromatic carbocycles. The molecule has 1 N–H and O–H groups in total. The maximum absolute atomic E-state index is 9.14. The van der Waals surface area contributed by atoms with Gasteiger partial charge in [-0.2, -0.15) is 5.26 Å². The van der Waals surface area contributed by atoms with Gasteiger partial charge in [0, 0.05) is 25.5 Å². The lowest BCUT2D eigenvalue weighted by Gasteiger charge is -2.22. The van der Waals surface area contributed by atoms with E-state index in [9.17, 15) is 0 Å². The Morgan fingerprint density at radius 3 is 2.91 bits per heavy atom. The van der Waals surface area contributed by atoms with E-state index in [-0.39, 0.29) is 0 Å². The molecule has 0 aliphatic heterocycles. The number of rotatable bonds is 4. The fourth-order valence-corrected chi connectivity index (χ4v) is 3.31. The lowest BCUT2D eigenvalue weighted by atomic mass is 10.2. The van der Waals surface area contributed by atoms with Crippen LogP contribution in [0.15, 0.2) is 30.5 Å². The topological polar surface area (TPSA) is 64.8 Å². The van der Waals surface area contributed by atoms with Gasteiger partial charge >= 0.3 is 0 Å². The number of aryl methyl sites for hydroxylation is 1. The average molecular weight is 323 g/mol. The van der Waals surface area contributed by atoms with Crippen LogP contribution in [0.5, 0.6) is 0 Å². The van der Waals surface area contributed by atoms with Crippen molar-refractivity contribution in [2.24, 2.45) is 0 Å². The zero-order valence-corrected chi connectivity index (χ0v) is 14.1. The molecular weight excluding hydrogens is 306 g/mol. The van der Waals surface area contributed by atoms with Crippen LogP contribution in [0, 0.1) is 18.3 Å². The molecule has 0 bridgehead atoms. The summed E-state index contributed by atoms with van der Waals surface area (Å²) in [6.45, 7) is 4.81. The smallest absolute Gasteiger partial charge is 0.150 e. The minimum Gasteiger partial charge on any atom is -0.369 e. The summed E-state index contributed by atoms with van der Waals surface area (Å²) < 4.78 is 1.15. The van der Waals surface area contributed by atoms with Crippen LogP contribution in [0.3, 0.4) is 0 Å². The van der Waals surface area contributed by atoms with Gasteiger partial charge in [-0.05, 0) is 38.1 Å². The Hall–Kier alpha value is -2.65. The van der Waals surface area contributed by atoms with Crippen molar-refractivity contribution in [2.75, 3.05) is 23.8 Å². The zero-order valence-electron chi connectivity index (χ0n) is 13.3. The zero-order chi connectivity index (χ0) is 16.4. The number of anilines is 3. The molecule has 0 amide bonds. The lowest BCUT2D eigenvalue weighted by molar-refractivity contribution is 1.12. The summed E-state index contributed by atoms with van der Waals surface area (Å²) in [6.07, 6.45) is 1.59. The quantitative estimate of drug-likeness (QED) is 0.784. The summed E-state index contributed by atoms with van der Waals surface area (Å²) in [5, 5.41) is 13.4. The predicted molar refractivity (Wildman–Crippen MR) is 95.5 cm³/mol. The standard InChI is InChI=1S/C17H17N5S/c1-4-19-17-15(7-12(9-18)10-20-17)22(3)13-5-6-14-16(8-13)23-11(2)21-14/h5-8,10H,4H2,1-3H3,(H,19,20). The van der Waals surface area contributed by atoms with Crippen LogP contribution in [-0.2, 0) is 0 Å². The molecule has 0 spiro atoms. The fraction of sp³-hybridized carbons (Fsp3) is 0.235. The van der Waals surface area contributed by atoms with Gasteiger partial charge in [0.05, 0.1) is 26.5 Å². The third-order valence-corrected chi connectivity index (χ3v) is 4.50. The third-order valence-electron chi connectivity index (χ3n) is 3.57. The van der Waals surface area contributed by atoms with E-state index >= 15 is 0 Å². The number of benzene rings is 1. The molecule has 2 heterocycles. The first-order chi connectivity index (χ1) is 11.1. The van der Waals surface area contributed by atoms with Crippen LogP contribution < -0.4 is 10.2 Å². The van der Waals surface area contributed by atoms with E-state index in [2.05, 4.69) is 27.4 Å². The molecule has 3 rings (SSSR count). The van der Waals surface area contributed by atoms with Gasteiger partial charge in [-0.1, -0.05) is 0 Å². The molecule has 2 aromatic heterocycles.